The van der Waals surface area contributed by atoms with E-state index in [-0.39, 0.29) is 23.9 Å². The summed E-state index contributed by atoms with van der Waals surface area (Å²) in [4.78, 5) is 27.9. The molecule has 3 aliphatic rings. The summed E-state index contributed by atoms with van der Waals surface area (Å²) >= 11 is 0. The lowest BCUT2D eigenvalue weighted by atomic mass is 10.0. The van der Waals surface area contributed by atoms with Crippen LogP contribution in [0.4, 0.5) is 0 Å². The average molecular weight is 251 g/mol. The van der Waals surface area contributed by atoms with Crippen molar-refractivity contribution in [1.29, 1.82) is 0 Å². The van der Waals surface area contributed by atoms with E-state index in [4.69, 9.17) is 0 Å². The minimum atomic E-state index is 0.0161. The molecular formula is C13H21N3O2. The Hall–Kier alpha value is -1.10. The van der Waals surface area contributed by atoms with E-state index in [0.29, 0.717) is 13.0 Å². The van der Waals surface area contributed by atoms with Crippen LogP contribution in [-0.4, -0.2) is 59.9 Å². The summed E-state index contributed by atoms with van der Waals surface area (Å²) < 4.78 is 0. The molecule has 3 rings (SSSR count). The lowest BCUT2D eigenvalue weighted by Gasteiger charge is -2.39. The minimum Gasteiger partial charge on any atom is -0.338 e. The number of hydrogen-bond donors (Lipinski definition) is 1. The van der Waals surface area contributed by atoms with Gasteiger partial charge in [0.1, 0.15) is 0 Å². The molecule has 2 amide bonds. The van der Waals surface area contributed by atoms with Crippen molar-refractivity contribution in [3.63, 3.8) is 0 Å². The molecule has 0 spiro atoms. The van der Waals surface area contributed by atoms with Crippen LogP contribution in [0.2, 0.25) is 0 Å². The molecule has 3 aliphatic heterocycles. The van der Waals surface area contributed by atoms with Crippen LogP contribution in [0.3, 0.4) is 0 Å². The maximum Gasteiger partial charge on any atom is 0.239 e. The van der Waals surface area contributed by atoms with Crippen LogP contribution in [0.25, 0.3) is 0 Å². The predicted octanol–water partition coefficient (Wildman–Crippen LogP) is -0.0383. The van der Waals surface area contributed by atoms with E-state index in [0.717, 1.165) is 38.9 Å². The maximum atomic E-state index is 12.4. The Morgan fingerprint density at radius 1 is 1.22 bits per heavy atom. The number of hydrogen-bond acceptors (Lipinski definition) is 3. The molecule has 3 heterocycles. The van der Waals surface area contributed by atoms with Gasteiger partial charge in [0.2, 0.25) is 11.8 Å². The van der Waals surface area contributed by atoms with Crippen LogP contribution in [0.5, 0.6) is 0 Å². The summed E-state index contributed by atoms with van der Waals surface area (Å²) in [7, 11) is 0. The van der Waals surface area contributed by atoms with Crippen LogP contribution < -0.4 is 5.32 Å². The highest BCUT2D eigenvalue weighted by atomic mass is 16.2. The standard InChI is InChI=1S/C13H21N3O2/c17-12-5-4-10-9-15(7-8-16(10)12)13(18)11-3-1-2-6-14-11/h10-11,14H,1-9H2/t10?,11-/m1/s1. The first-order chi connectivity index (χ1) is 8.75. The summed E-state index contributed by atoms with van der Waals surface area (Å²) in [6.45, 7) is 3.13. The Morgan fingerprint density at radius 3 is 2.89 bits per heavy atom. The molecular weight excluding hydrogens is 230 g/mol. The maximum absolute atomic E-state index is 12.4. The second kappa shape index (κ2) is 4.88. The topological polar surface area (TPSA) is 52.7 Å². The zero-order chi connectivity index (χ0) is 12.5. The molecule has 5 nitrogen and oxygen atoms in total. The average Bonchev–Trinajstić information content (AvgIpc) is 2.80. The van der Waals surface area contributed by atoms with Crippen LogP contribution in [-0.2, 0) is 9.59 Å². The number of fused-ring (bicyclic) bond motifs is 1. The molecule has 0 bridgehead atoms. The SMILES string of the molecule is O=C([C@H]1CCCCN1)N1CCN2C(=O)CCC2C1. The molecule has 0 aromatic rings. The molecule has 0 saturated carbocycles. The summed E-state index contributed by atoms with van der Waals surface area (Å²) in [5, 5.41) is 3.31. The normalized spacial score (nSPS) is 32.6. The Kier molecular flexibility index (Phi) is 3.24. The molecule has 18 heavy (non-hydrogen) atoms. The van der Waals surface area contributed by atoms with Crippen molar-refractivity contribution in [3.05, 3.63) is 0 Å². The third-order valence-corrected chi connectivity index (χ3v) is 4.41. The first kappa shape index (κ1) is 12.0. The third kappa shape index (κ3) is 2.11. The van der Waals surface area contributed by atoms with Crippen LogP contribution in [0.1, 0.15) is 32.1 Å². The van der Waals surface area contributed by atoms with Crippen LogP contribution in [0, 0.1) is 0 Å². The number of nitrogens with one attached hydrogen (secondary N) is 1. The van der Waals surface area contributed by atoms with Gasteiger partial charge in [0.25, 0.3) is 0 Å². The van der Waals surface area contributed by atoms with Crippen molar-refractivity contribution < 1.29 is 9.59 Å². The highest BCUT2D eigenvalue weighted by molar-refractivity contribution is 5.83. The van der Waals surface area contributed by atoms with Gasteiger partial charge in [-0.1, -0.05) is 6.42 Å². The van der Waals surface area contributed by atoms with Gasteiger partial charge >= 0.3 is 0 Å². The molecule has 1 N–H and O–H groups in total. The lowest BCUT2D eigenvalue weighted by Crippen LogP contribution is -2.57. The highest BCUT2D eigenvalue weighted by Gasteiger charge is 2.38. The lowest BCUT2D eigenvalue weighted by molar-refractivity contribution is -0.140. The molecule has 1 unspecified atom stereocenters. The Morgan fingerprint density at radius 2 is 2.11 bits per heavy atom. The van der Waals surface area contributed by atoms with Crippen molar-refractivity contribution in [2.75, 3.05) is 26.2 Å². The van der Waals surface area contributed by atoms with E-state index >= 15 is 0 Å². The summed E-state index contributed by atoms with van der Waals surface area (Å²) in [5.74, 6) is 0.511. The van der Waals surface area contributed by atoms with Crippen molar-refractivity contribution in [2.24, 2.45) is 0 Å². The fourth-order valence-corrected chi connectivity index (χ4v) is 3.35. The summed E-state index contributed by atoms with van der Waals surface area (Å²) in [6.07, 6.45) is 4.86. The van der Waals surface area contributed by atoms with E-state index in [9.17, 15) is 9.59 Å². The smallest absolute Gasteiger partial charge is 0.239 e. The van der Waals surface area contributed by atoms with E-state index in [2.05, 4.69) is 5.32 Å². The Bertz CT molecular complexity index is 352. The Labute approximate surface area is 107 Å². The van der Waals surface area contributed by atoms with Crippen LogP contribution in [0.15, 0.2) is 0 Å². The van der Waals surface area contributed by atoms with Crippen LogP contribution >= 0.6 is 0 Å². The number of piperazine rings is 1. The molecule has 0 aromatic carbocycles. The molecule has 100 valence electrons. The van der Waals surface area contributed by atoms with Crippen molar-refractivity contribution in [3.8, 4) is 0 Å². The largest absolute Gasteiger partial charge is 0.338 e. The Balaban J connectivity index is 1.60. The van der Waals surface area contributed by atoms with Crippen molar-refractivity contribution >= 4 is 11.8 Å². The number of amides is 2. The molecule has 0 aromatic heterocycles. The first-order valence-corrected chi connectivity index (χ1v) is 7.07. The summed E-state index contributed by atoms with van der Waals surface area (Å²) in [5.41, 5.74) is 0. The van der Waals surface area contributed by atoms with Gasteiger partial charge in [0.05, 0.1) is 6.04 Å². The van der Waals surface area contributed by atoms with E-state index < -0.39 is 0 Å². The predicted molar refractivity (Wildman–Crippen MR) is 67.0 cm³/mol. The fourth-order valence-electron chi connectivity index (χ4n) is 3.35. The molecule has 2 atom stereocenters. The zero-order valence-electron chi connectivity index (χ0n) is 10.7. The van der Waals surface area contributed by atoms with Crippen molar-refractivity contribution in [2.45, 2.75) is 44.2 Å². The van der Waals surface area contributed by atoms with E-state index in [1.807, 2.05) is 9.80 Å². The summed E-state index contributed by atoms with van der Waals surface area (Å²) in [6, 6.07) is 0.293. The van der Waals surface area contributed by atoms with E-state index in [1.165, 1.54) is 6.42 Å². The van der Waals surface area contributed by atoms with Gasteiger partial charge in [-0.25, -0.2) is 0 Å². The number of carbonyl (C=O) groups excluding carboxylic acids is 2. The monoisotopic (exact) mass is 251 g/mol. The minimum absolute atomic E-state index is 0.0161. The first-order valence-electron chi connectivity index (χ1n) is 7.07. The molecule has 5 heteroatoms. The number of nitrogens with zero attached hydrogens (tertiary/aromatic N) is 2. The number of piperidine rings is 1. The molecule has 3 fully saturated rings. The van der Waals surface area contributed by atoms with Gasteiger partial charge in [-0.2, -0.15) is 0 Å². The van der Waals surface area contributed by atoms with E-state index in [1.54, 1.807) is 0 Å². The number of carbonyl (C=O) groups is 2. The van der Waals surface area contributed by atoms with Gasteiger partial charge in [-0.05, 0) is 25.8 Å². The zero-order valence-corrected chi connectivity index (χ0v) is 10.7. The second-order valence-corrected chi connectivity index (χ2v) is 5.57. The molecule has 0 radical (unpaired) electrons. The third-order valence-electron chi connectivity index (χ3n) is 4.41. The number of rotatable bonds is 1. The van der Waals surface area contributed by atoms with Gasteiger partial charge in [-0.15, -0.1) is 0 Å². The highest BCUT2D eigenvalue weighted by Crippen LogP contribution is 2.23. The van der Waals surface area contributed by atoms with Gasteiger partial charge in [0, 0.05) is 32.1 Å². The molecule has 0 aliphatic carbocycles. The van der Waals surface area contributed by atoms with Gasteiger partial charge < -0.3 is 15.1 Å². The molecule has 3 saturated heterocycles. The fraction of sp³-hybridized carbons (Fsp3) is 0.846. The second-order valence-electron chi connectivity index (χ2n) is 5.57. The van der Waals surface area contributed by atoms with Gasteiger partial charge in [0.15, 0.2) is 0 Å². The van der Waals surface area contributed by atoms with Crippen molar-refractivity contribution in [1.82, 2.24) is 15.1 Å². The van der Waals surface area contributed by atoms with Gasteiger partial charge in [-0.3, -0.25) is 9.59 Å². The quantitative estimate of drug-likeness (QED) is 0.711.